The fourth-order valence-electron chi connectivity index (χ4n) is 4.22. The van der Waals surface area contributed by atoms with E-state index in [1.54, 1.807) is 0 Å². The topological polar surface area (TPSA) is 63.1 Å². The highest BCUT2D eigenvalue weighted by atomic mass is 16.2. The number of anilines is 1. The van der Waals surface area contributed by atoms with Crippen LogP contribution in [0.2, 0.25) is 0 Å². The monoisotopic (exact) mass is 407 g/mol. The maximum Gasteiger partial charge on any atom is 0.253 e. The van der Waals surface area contributed by atoms with Crippen molar-refractivity contribution in [1.82, 2.24) is 19.4 Å². The Balaban J connectivity index is 0.00000124. The van der Waals surface area contributed by atoms with Crippen molar-refractivity contribution in [3.05, 3.63) is 60.3 Å². The third kappa shape index (κ3) is 3.78. The van der Waals surface area contributed by atoms with E-state index in [1.807, 2.05) is 56.3 Å². The van der Waals surface area contributed by atoms with Gasteiger partial charge >= 0.3 is 0 Å². The Labute approximate surface area is 179 Å². The summed E-state index contributed by atoms with van der Waals surface area (Å²) in [7, 11) is 0. The van der Waals surface area contributed by atoms with Crippen molar-refractivity contribution < 1.29 is 4.79 Å². The van der Waals surface area contributed by atoms with Crippen LogP contribution in [0.4, 0.5) is 5.69 Å². The smallest absolute Gasteiger partial charge is 0.253 e. The van der Waals surface area contributed by atoms with E-state index >= 15 is 0 Å². The number of pyridine rings is 1. The van der Waals surface area contributed by atoms with Gasteiger partial charge in [0.2, 0.25) is 0 Å². The van der Waals surface area contributed by atoms with Crippen molar-refractivity contribution >= 4 is 11.6 Å². The molecule has 1 amide bonds. The minimum Gasteiger partial charge on any atom is -0.371 e. The maximum absolute atomic E-state index is 12.7. The first-order valence-corrected chi connectivity index (χ1v) is 11.0. The van der Waals surface area contributed by atoms with E-state index < -0.39 is 0 Å². The molecule has 0 unspecified atom stereocenters. The molecule has 160 valence electrons. The quantitative estimate of drug-likeness (QED) is 0.593. The van der Waals surface area contributed by atoms with Gasteiger partial charge in [0.15, 0.2) is 5.82 Å². The SMILES string of the molecule is C=C(/C=C\CC)C(=O)N1CCC2(CC1)Nc1cccnc1-n1c2cnc1CC.CC. The summed E-state index contributed by atoms with van der Waals surface area (Å²) in [5.74, 6) is 1.96. The molecule has 0 radical (unpaired) electrons. The average Bonchev–Trinajstić information content (AvgIpc) is 3.24. The fraction of sp³-hybridized carbons (Fsp3) is 0.458. The van der Waals surface area contributed by atoms with Gasteiger partial charge in [-0.2, -0.15) is 0 Å². The first kappa shape index (κ1) is 21.8. The molecular formula is C24H33N5O. The number of piperidine rings is 1. The van der Waals surface area contributed by atoms with Gasteiger partial charge in [0.25, 0.3) is 5.91 Å². The van der Waals surface area contributed by atoms with Crippen LogP contribution in [0.5, 0.6) is 0 Å². The Bertz CT molecular complexity index is 935. The standard InChI is InChI=1S/C22H27N5O.C2H6/c1-4-6-8-16(3)21(28)26-13-10-22(11-14-26)18-15-24-19(5-2)27(18)20-17(25-22)9-7-12-23-20;1-2/h6-9,12,15,25H,3-5,10-11,13-14H2,1-2H3;1-2H3/b8-6-;. The highest BCUT2D eigenvalue weighted by molar-refractivity contribution is 5.95. The Morgan fingerprint density at radius 3 is 2.67 bits per heavy atom. The van der Waals surface area contributed by atoms with Gasteiger partial charge in [0.05, 0.1) is 23.1 Å². The summed E-state index contributed by atoms with van der Waals surface area (Å²) in [6.45, 7) is 13.5. The number of nitrogens with one attached hydrogen (secondary N) is 1. The molecule has 4 heterocycles. The van der Waals surface area contributed by atoms with Crippen LogP contribution in [0.3, 0.4) is 0 Å². The number of fused-ring (bicyclic) bond motifs is 4. The number of aromatic nitrogens is 3. The first-order chi connectivity index (χ1) is 14.6. The molecule has 0 bridgehead atoms. The molecule has 1 fully saturated rings. The molecule has 2 aliphatic heterocycles. The molecule has 2 aromatic heterocycles. The molecule has 2 aliphatic rings. The zero-order valence-electron chi connectivity index (χ0n) is 18.6. The van der Waals surface area contributed by atoms with Crippen LogP contribution >= 0.6 is 0 Å². The number of carbonyl (C=O) groups excluding carboxylic acids is 1. The molecule has 0 aliphatic carbocycles. The molecule has 4 rings (SSSR count). The molecule has 2 aromatic rings. The van der Waals surface area contributed by atoms with Gasteiger partial charge in [0, 0.05) is 31.3 Å². The van der Waals surface area contributed by atoms with E-state index in [0.717, 1.165) is 48.7 Å². The average molecular weight is 408 g/mol. The normalized spacial score (nSPS) is 16.3. The number of amides is 1. The van der Waals surface area contributed by atoms with Crippen LogP contribution in [0.25, 0.3) is 5.82 Å². The lowest BCUT2D eigenvalue weighted by Crippen LogP contribution is -2.51. The summed E-state index contributed by atoms with van der Waals surface area (Å²) < 4.78 is 2.20. The first-order valence-electron chi connectivity index (χ1n) is 11.0. The second-order valence-electron chi connectivity index (χ2n) is 7.46. The number of allylic oxidation sites excluding steroid dienone is 1. The summed E-state index contributed by atoms with van der Waals surface area (Å²) in [5.41, 5.74) is 2.50. The lowest BCUT2D eigenvalue weighted by atomic mass is 9.82. The Morgan fingerprint density at radius 2 is 2.00 bits per heavy atom. The zero-order valence-corrected chi connectivity index (χ0v) is 18.6. The molecule has 1 spiro atoms. The summed E-state index contributed by atoms with van der Waals surface area (Å²) in [6, 6.07) is 4.02. The van der Waals surface area contributed by atoms with Crippen LogP contribution in [0.15, 0.2) is 48.8 Å². The highest BCUT2D eigenvalue weighted by Crippen LogP contribution is 2.43. The molecular weight excluding hydrogens is 374 g/mol. The minimum absolute atomic E-state index is 0.0279. The summed E-state index contributed by atoms with van der Waals surface area (Å²) in [5, 5.41) is 3.73. The van der Waals surface area contributed by atoms with E-state index in [-0.39, 0.29) is 11.4 Å². The number of imidazole rings is 1. The van der Waals surface area contributed by atoms with Gasteiger partial charge in [-0.25, -0.2) is 9.97 Å². The van der Waals surface area contributed by atoms with Gasteiger partial charge < -0.3 is 10.2 Å². The Morgan fingerprint density at radius 1 is 1.27 bits per heavy atom. The molecule has 0 aromatic carbocycles. The van der Waals surface area contributed by atoms with Crippen molar-refractivity contribution in [1.29, 1.82) is 0 Å². The largest absolute Gasteiger partial charge is 0.371 e. The zero-order chi connectivity index (χ0) is 21.7. The van der Waals surface area contributed by atoms with Gasteiger partial charge in [-0.1, -0.05) is 46.4 Å². The van der Waals surface area contributed by atoms with Gasteiger partial charge in [-0.15, -0.1) is 0 Å². The van der Waals surface area contributed by atoms with E-state index in [4.69, 9.17) is 0 Å². The molecule has 1 N–H and O–H groups in total. The van der Waals surface area contributed by atoms with Crippen molar-refractivity contribution in [3.8, 4) is 5.82 Å². The Hall–Kier alpha value is -2.89. The van der Waals surface area contributed by atoms with Crippen molar-refractivity contribution in [2.45, 2.75) is 58.9 Å². The molecule has 0 saturated carbocycles. The maximum atomic E-state index is 12.7. The fourth-order valence-corrected chi connectivity index (χ4v) is 4.22. The van der Waals surface area contributed by atoms with Crippen LogP contribution < -0.4 is 5.32 Å². The summed E-state index contributed by atoms with van der Waals surface area (Å²) >= 11 is 0. The third-order valence-electron chi connectivity index (χ3n) is 5.75. The number of likely N-dealkylation sites (tertiary alicyclic amines) is 1. The molecule has 30 heavy (non-hydrogen) atoms. The van der Waals surface area contributed by atoms with Crippen LogP contribution in [-0.2, 0) is 16.8 Å². The van der Waals surface area contributed by atoms with Crippen molar-refractivity contribution in [2.24, 2.45) is 0 Å². The highest BCUT2D eigenvalue weighted by Gasteiger charge is 2.43. The predicted molar refractivity (Wildman–Crippen MR) is 122 cm³/mol. The van der Waals surface area contributed by atoms with E-state index in [1.165, 1.54) is 0 Å². The lowest BCUT2D eigenvalue weighted by Gasteiger charge is -2.45. The van der Waals surface area contributed by atoms with Gasteiger partial charge in [0.1, 0.15) is 5.82 Å². The predicted octanol–water partition coefficient (Wildman–Crippen LogP) is 4.62. The molecule has 6 nitrogen and oxygen atoms in total. The number of hydrogen-bond acceptors (Lipinski definition) is 4. The van der Waals surface area contributed by atoms with Crippen molar-refractivity contribution in [3.63, 3.8) is 0 Å². The molecule has 6 heteroatoms. The third-order valence-corrected chi connectivity index (χ3v) is 5.75. The van der Waals surface area contributed by atoms with Crippen LogP contribution in [0, 0.1) is 0 Å². The summed E-state index contributed by atoms with van der Waals surface area (Å²) in [4.78, 5) is 23.9. The van der Waals surface area contributed by atoms with E-state index in [0.29, 0.717) is 18.7 Å². The second kappa shape index (κ2) is 9.28. The minimum atomic E-state index is -0.228. The molecule has 1 saturated heterocycles. The Kier molecular flexibility index (Phi) is 6.75. The van der Waals surface area contributed by atoms with Crippen LogP contribution in [-0.4, -0.2) is 38.4 Å². The number of rotatable bonds is 4. The number of aryl methyl sites for hydroxylation is 1. The van der Waals surface area contributed by atoms with Gasteiger partial charge in [-0.05, 0) is 31.4 Å². The molecule has 0 atom stereocenters. The lowest BCUT2D eigenvalue weighted by molar-refractivity contribution is -0.128. The number of carbonyl (C=O) groups is 1. The number of nitrogens with zero attached hydrogens (tertiary/aromatic N) is 4. The second-order valence-corrected chi connectivity index (χ2v) is 7.46. The van der Waals surface area contributed by atoms with Crippen molar-refractivity contribution in [2.75, 3.05) is 18.4 Å². The number of hydrogen-bond donors (Lipinski definition) is 1. The van der Waals surface area contributed by atoms with Crippen LogP contribution in [0.1, 0.15) is 58.5 Å². The van der Waals surface area contributed by atoms with E-state index in [2.05, 4.69) is 39.4 Å². The summed E-state index contributed by atoms with van der Waals surface area (Å²) in [6.07, 6.45) is 11.0. The van der Waals surface area contributed by atoms with Gasteiger partial charge in [-0.3, -0.25) is 9.36 Å². The van der Waals surface area contributed by atoms with E-state index in [9.17, 15) is 4.79 Å².